The van der Waals surface area contributed by atoms with E-state index in [2.05, 4.69) is 0 Å². The van der Waals surface area contributed by atoms with Gasteiger partial charge in [-0.15, -0.1) is 0 Å². The summed E-state index contributed by atoms with van der Waals surface area (Å²) in [4.78, 5) is 10.9. The SMILES string of the molecule is O=C(O)N1CC(O)C(F)(F)C(O)C1. The van der Waals surface area contributed by atoms with Gasteiger partial charge in [-0.3, -0.25) is 0 Å². The van der Waals surface area contributed by atoms with Gasteiger partial charge >= 0.3 is 12.0 Å². The van der Waals surface area contributed by atoms with Gasteiger partial charge in [0.25, 0.3) is 0 Å². The third-order valence-corrected chi connectivity index (χ3v) is 1.95. The topological polar surface area (TPSA) is 81.0 Å². The lowest BCUT2D eigenvalue weighted by Gasteiger charge is -2.37. The third-order valence-electron chi connectivity index (χ3n) is 1.95. The van der Waals surface area contributed by atoms with E-state index in [1.165, 1.54) is 0 Å². The second-order valence-electron chi connectivity index (χ2n) is 2.89. The number of aliphatic hydroxyl groups excluding tert-OH is 2. The zero-order valence-electron chi connectivity index (χ0n) is 6.52. The van der Waals surface area contributed by atoms with Gasteiger partial charge in [0.2, 0.25) is 0 Å². The van der Waals surface area contributed by atoms with Crippen molar-refractivity contribution in [3.05, 3.63) is 0 Å². The lowest BCUT2D eigenvalue weighted by atomic mass is 10.0. The van der Waals surface area contributed by atoms with E-state index >= 15 is 0 Å². The number of carbonyl (C=O) groups is 1. The highest BCUT2D eigenvalue weighted by atomic mass is 19.3. The van der Waals surface area contributed by atoms with Gasteiger partial charge in [-0.1, -0.05) is 0 Å². The van der Waals surface area contributed by atoms with E-state index in [1.807, 2.05) is 0 Å². The van der Waals surface area contributed by atoms with Crippen molar-refractivity contribution in [3.8, 4) is 0 Å². The van der Waals surface area contributed by atoms with Crippen LogP contribution in [-0.2, 0) is 0 Å². The van der Waals surface area contributed by atoms with Crippen LogP contribution >= 0.6 is 0 Å². The van der Waals surface area contributed by atoms with Crippen LogP contribution in [0.5, 0.6) is 0 Å². The number of rotatable bonds is 0. The number of amides is 1. The van der Waals surface area contributed by atoms with Crippen LogP contribution in [0.4, 0.5) is 13.6 Å². The predicted octanol–water partition coefficient (Wildman–Crippen LogP) is -0.663. The van der Waals surface area contributed by atoms with E-state index in [0.29, 0.717) is 4.90 Å². The van der Waals surface area contributed by atoms with Crippen molar-refractivity contribution in [1.82, 2.24) is 4.90 Å². The Morgan fingerprint density at radius 3 is 2.00 bits per heavy atom. The van der Waals surface area contributed by atoms with E-state index in [0.717, 1.165) is 0 Å². The molecule has 1 rings (SSSR count). The smallest absolute Gasteiger partial charge is 0.407 e. The first-order valence-electron chi connectivity index (χ1n) is 3.57. The van der Waals surface area contributed by atoms with Gasteiger partial charge in [-0.2, -0.15) is 0 Å². The van der Waals surface area contributed by atoms with E-state index in [9.17, 15) is 13.6 Å². The Balaban J connectivity index is 2.73. The molecule has 1 fully saturated rings. The van der Waals surface area contributed by atoms with Gasteiger partial charge in [0, 0.05) is 0 Å². The zero-order valence-corrected chi connectivity index (χ0v) is 6.52. The number of likely N-dealkylation sites (tertiary alicyclic amines) is 1. The van der Waals surface area contributed by atoms with E-state index in [4.69, 9.17) is 15.3 Å². The molecule has 0 aromatic rings. The van der Waals surface area contributed by atoms with Crippen LogP contribution in [0.1, 0.15) is 0 Å². The van der Waals surface area contributed by atoms with Crippen molar-refractivity contribution in [2.24, 2.45) is 0 Å². The Hall–Kier alpha value is -0.950. The van der Waals surface area contributed by atoms with Crippen LogP contribution in [0.3, 0.4) is 0 Å². The standard InChI is InChI=1S/C6H9F2NO4/c7-6(8)3(10)1-9(5(12)13)2-4(6)11/h3-4,10-11H,1-2H2,(H,12,13). The van der Waals surface area contributed by atoms with Gasteiger partial charge < -0.3 is 20.2 Å². The maximum Gasteiger partial charge on any atom is 0.407 e. The summed E-state index contributed by atoms with van der Waals surface area (Å²) in [5.41, 5.74) is 0. The number of hydrogen-bond acceptors (Lipinski definition) is 3. The minimum Gasteiger partial charge on any atom is -0.465 e. The van der Waals surface area contributed by atoms with Crippen LogP contribution in [0.25, 0.3) is 0 Å². The summed E-state index contributed by atoms with van der Waals surface area (Å²) in [6.45, 7) is -1.36. The normalized spacial score (nSPS) is 33.1. The second kappa shape index (κ2) is 3.08. The molecule has 76 valence electrons. The van der Waals surface area contributed by atoms with Crippen LogP contribution in [0, 0.1) is 0 Å². The van der Waals surface area contributed by atoms with Crippen molar-refractivity contribution in [2.75, 3.05) is 13.1 Å². The fraction of sp³-hybridized carbons (Fsp3) is 0.833. The highest BCUT2D eigenvalue weighted by molar-refractivity contribution is 5.65. The maximum absolute atomic E-state index is 12.7. The Labute approximate surface area is 72.2 Å². The van der Waals surface area contributed by atoms with Gasteiger partial charge in [-0.25, -0.2) is 13.6 Å². The van der Waals surface area contributed by atoms with Gasteiger partial charge in [0.15, 0.2) is 0 Å². The fourth-order valence-electron chi connectivity index (χ4n) is 1.11. The number of halogens is 2. The molecule has 0 saturated carbocycles. The molecule has 7 heteroatoms. The van der Waals surface area contributed by atoms with Crippen LogP contribution in [-0.4, -0.2) is 57.5 Å². The number of hydrogen-bond donors (Lipinski definition) is 3. The Kier molecular flexibility index (Phi) is 2.40. The molecule has 1 aliphatic heterocycles. The summed E-state index contributed by atoms with van der Waals surface area (Å²) in [7, 11) is 0. The van der Waals surface area contributed by atoms with Crippen LogP contribution in [0.2, 0.25) is 0 Å². The monoisotopic (exact) mass is 197 g/mol. The summed E-state index contributed by atoms with van der Waals surface area (Å²) in [5.74, 6) is -3.63. The zero-order chi connectivity index (χ0) is 10.2. The Morgan fingerprint density at radius 1 is 1.31 bits per heavy atom. The second-order valence-corrected chi connectivity index (χ2v) is 2.89. The minimum absolute atomic E-state index is 0.548. The average Bonchev–Trinajstić information content (AvgIpc) is 2.00. The molecular weight excluding hydrogens is 188 g/mol. The number of aliphatic hydroxyl groups is 2. The van der Waals surface area contributed by atoms with E-state index in [1.54, 1.807) is 0 Å². The van der Waals surface area contributed by atoms with Gasteiger partial charge in [0.05, 0.1) is 13.1 Å². The van der Waals surface area contributed by atoms with Crippen molar-refractivity contribution >= 4 is 6.09 Å². The highest BCUT2D eigenvalue weighted by Gasteiger charge is 2.51. The van der Waals surface area contributed by atoms with Crippen LogP contribution in [0.15, 0.2) is 0 Å². The first kappa shape index (κ1) is 10.1. The molecule has 2 atom stereocenters. The number of alkyl halides is 2. The molecule has 1 aliphatic rings. The van der Waals surface area contributed by atoms with Crippen molar-refractivity contribution in [2.45, 2.75) is 18.1 Å². The molecule has 0 spiro atoms. The molecule has 0 aromatic heterocycles. The number of β-amino-alcohol motifs (C(OH)–C–C–N with tert-alkyl or cyclic N) is 2. The van der Waals surface area contributed by atoms with Crippen molar-refractivity contribution in [1.29, 1.82) is 0 Å². The first-order chi connectivity index (χ1) is 5.85. The molecular formula is C6H9F2NO4. The summed E-state index contributed by atoms with van der Waals surface area (Å²) in [6.07, 6.45) is -5.73. The molecule has 0 aliphatic carbocycles. The average molecular weight is 197 g/mol. The summed E-state index contributed by atoms with van der Waals surface area (Å²) < 4.78 is 25.4. The number of nitrogens with zero attached hydrogens (tertiary/aromatic N) is 1. The van der Waals surface area contributed by atoms with E-state index in [-0.39, 0.29) is 0 Å². The molecule has 5 nitrogen and oxygen atoms in total. The van der Waals surface area contributed by atoms with Crippen molar-refractivity contribution in [3.63, 3.8) is 0 Å². The highest BCUT2D eigenvalue weighted by Crippen LogP contribution is 2.28. The molecule has 1 heterocycles. The van der Waals surface area contributed by atoms with Gasteiger partial charge in [-0.05, 0) is 0 Å². The lowest BCUT2D eigenvalue weighted by molar-refractivity contribution is -0.204. The Morgan fingerprint density at radius 2 is 1.69 bits per heavy atom. The third kappa shape index (κ3) is 1.70. The number of piperidine rings is 1. The molecule has 1 amide bonds. The summed E-state index contributed by atoms with van der Waals surface area (Å²) in [5, 5.41) is 26.0. The quantitative estimate of drug-likeness (QED) is 0.481. The molecule has 0 bridgehead atoms. The predicted molar refractivity (Wildman–Crippen MR) is 36.6 cm³/mol. The Bertz CT molecular complexity index is 209. The molecule has 2 unspecified atom stereocenters. The molecule has 1 saturated heterocycles. The number of carboxylic acid groups (broad SMARTS) is 1. The lowest BCUT2D eigenvalue weighted by Crippen LogP contribution is -2.60. The minimum atomic E-state index is -3.63. The summed E-state index contributed by atoms with van der Waals surface area (Å²) in [6, 6.07) is 0. The largest absolute Gasteiger partial charge is 0.465 e. The molecule has 0 aromatic carbocycles. The fourth-order valence-corrected chi connectivity index (χ4v) is 1.11. The first-order valence-corrected chi connectivity index (χ1v) is 3.57. The maximum atomic E-state index is 12.7. The molecule has 3 N–H and O–H groups in total. The van der Waals surface area contributed by atoms with Crippen molar-refractivity contribution < 1.29 is 28.9 Å². The van der Waals surface area contributed by atoms with E-state index < -0.39 is 37.3 Å². The van der Waals surface area contributed by atoms with Gasteiger partial charge in [0.1, 0.15) is 12.2 Å². The van der Waals surface area contributed by atoms with Crippen LogP contribution < -0.4 is 0 Å². The molecule has 13 heavy (non-hydrogen) atoms. The summed E-state index contributed by atoms with van der Waals surface area (Å²) >= 11 is 0. The molecule has 0 radical (unpaired) electrons.